The summed E-state index contributed by atoms with van der Waals surface area (Å²) in [5, 5.41) is 3.23. The van der Waals surface area contributed by atoms with E-state index in [0.29, 0.717) is 37.9 Å². The van der Waals surface area contributed by atoms with Gasteiger partial charge in [-0.15, -0.1) is 0 Å². The summed E-state index contributed by atoms with van der Waals surface area (Å²) in [6, 6.07) is 2.61. The maximum absolute atomic E-state index is 14.4. The van der Waals surface area contributed by atoms with Gasteiger partial charge in [-0.3, -0.25) is 14.5 Å². The Morgan fingerprint density at radius 1 is 1.06 bits per heavy atom. The molecule has 0 spiro atoms. The maximum Gasteiger partial charge on any atom is 0.251 e. The van der Waals surface area contributed by atoms with Crippen LogP contribution in [0.25, 0.3) is 0 Å². The van der Waals surface area contributed by atoms with Crippen molar-refractivity contribution in [1.29, 1.82) is 0 Å². The van der Waals surface area contributed by atoms with Crippen LogP contribution in [0.15, 0.2) is 24.5 Å². The highest BCUT2D eigenvalue weighted by Gasteiger charge is 2.41. The number of hydrogen-bond acceptors (Lipinski definition) is 6. The van der Waals surface area contributed by atoms with E-state index in [0.717, 1.165) is 6.33 Å². The lowest BCUT2D eigenvalue weighted by molar-refractivity contribution is -0.143. The minimum Gasteiger partial charge on any atom is -0.381 e. The van der Waals surface area contributed by atoms with Gasteiger partial charge in [0, 0.05) is 23.8 Å². The van der Waals surface area contributed by atoms with E-state index in [1.807, 2.05) is 0 Å². The lowest BCUT2D eigenvalue weighted by atomic mass is 9.97. The summed E-state index contributed by atoms with van der Waals surface area (Å²) in [7, 11) is 0. The highest BCUT2D eigenvalue weighted by molar-refractivity contribution is 6.30. The van der Waals surface area contributed by atoms with Gasteiger partial charge in [-0.1, -0.05) is 11.6 Å². The number of nitrogens with one attached hydrogen (secondary N) is 1. The van der Waals surface area contributed by atoms with Gasteiger partial charge < -0.3 is 16.0 Å². The van der Waals surface area contributed by atoms with Crippen LogP contribution < -0.4 is 16.0 Å². The smallest absolute Gasteiger partial charge is 0.251 e. The molecular formula is C20H21ClF2N6O2. The third-order valence-electron chi connectivity index (χ3n) is 5.52. The van der Waals surface area contributed by atoms with Gasteiger partial charge in [0.05, 0.1) is 0 Å². The SMILES string of the molecule is Nc1ncnc(N2CCCC(N3CCCC(Nc4cc(F)cc(Cl)c4)C3=O)C2=O)c1F. The quantitative estimate of drug-likeness (QED) is 0.742. The van der Waals surface area contributed by atoms with E-state index in [2.05, 4.69) is 15.3 Å². The molecule has 1 aromatic carbocycles. The molecule has 11 heteroatoms. The van der Waals surface area contributed by atoms with E-state index in [1.54, 1.807) is 0 Å². The summed E-state index contributed by atoms with van der Waals surface area (Å²) in [5.41, 5.74) is 5.90. The second kappa shape index (κ2) is 8.62. The van der Waals surface area contributed by atoms with Gasteiger partial charge in [0.1, 0.15) is 24.2 Å². The van der Waals surface area contributed by atoms with Gasteiger partial charge in [0.25, 0.3) is 5.91 Å². The standard InChI is InChI=1S/C20H21ClF2N6O2/c21-11-7-12(22)9-13(8-11)27-14-3-1-5-28(19(14)30)15-4-2-6-29(20(15)31)18-16(23)17(24)25-10-26-18/h7-10,14-15,27H,1-6H2,(H2,24,25,26). The van der Waals surface area contributed by atoms with E-state index in [4.69, 9.17) is 17.3 Å². The number of halogens is 3. The zero-order chi connectivity index (χ0) is 22.1. The molecule has 2 aliphatic rings. The van der Waals surface area contributed by atoms with E-state index in [1.165, 1.54) is 28.0 Å². The fourth-order valence-electron chi connectivity index (χ4n) is 4.10. The molecule has 2 unspecified atom stereocenters. The number of rotatable bonds is 4. The van der Waals surface area contributed by atoms with Crippen molar-refractivity contribution in [2.45, 2.75) is 37.8 Å². The molecule has 3 heterocycles. The Hall–Kier alpha value is -3.01. The Balaban J connectivity index is 1.53. The van der Waals surface area contributed by atoms with Crippen molar-refractivity contribution in [3.8, 4) is 0 Å². The van der Waals surface area contributed by atoms with Crippen LogP contribution in [0, 0.1) is 11.6 Å². The number of amides is 2. The minimum absolute atomic E-state index is 0.185. The second-order valence-corrected chi connectivity index (χ2v) is 8.01. The van der Waals surface area contributed by atoms with Gasteiger partial charge in [0.15, 0.2) is 11.6 Å². The van der Waals surface area contributed by atoms with Crippen molar-refractivity contribution in [3.63, 3.8) is 0 Å². The second-order valence-electron chi connectivity index (χ2n) is 7.57. The van der Waals surface area contributed by atoms with Gasteiger partial charge in [-0.2, -0.15) is 4.39 Å². The number of nitrogen functional groups attached to an aromatic ring is 1. The number of likely N-dealkylation sites (tertiary alicyclic amines) is 1. The van der Waals surface area contributed by atoms with Gasteiger partial charge in [-0.05, 0) is 43.9 Å². The molecule has 2 saturated heterocycles. The largest absolute Gasteiger partial charge is 0.381 e. The number of nitrogens with zero attached hydrogens (tertiary/aromatic N) is 4. The lowest BCUT2D eigenvalue weighted by Gasteiger charge is -2.41. The minimum atomic E-state index is -0.857. The Morgan fingerprint density at radius 3 is 2.61 bits per heavy atom. The lowest BCUT2D eigenvalue weighted by Crippen LogP contribution is -2.59. The molecule has 0 bridgehead atoms. The van der Waals surface area contributed by atoms with Crippen molar-refractivity contribution in [1.82, 2.24) is 14.9 Å². The topological polar surface area (TPSA) is 104 Å². The number of aromatic nitrogens is 2. The first-order valence-electron chi connectivity index (χ1n) is 9.95. The fourth-order valence-corrected chi connectivity index (χ4v) is 4.32. The monoisotopic (exact) mass is 450 g/mol. The summed E-state index contributed by atoms with van der Waals surface area (Å²) >= 11 is 5.90. The van der Waals surface area contributed by atoms with E-state index in [9.17, 15) is 18.4 Å². The predicted molar refractivity (Wildman–Crippen MR) is 112 cm³/mol. The first-order valence-corrected chi connectivity index (χ1v) is 10.3. The van der Waals surface area contributed by atoms with Crippen molar-refractivity contribution in [2.24, 2.45) is 0 Å². The van der Waals surface area contributed by atoms with E-state index in [-0.39, 0.29) is 29.1 Å². The number of anilines is 3. The maximum atomic E-state index is 14.4. The Kier molecular flexibility index (Phi) is 5.90. The van der Waals surface area contributed by atoms with Gasteiger partial charge >= 0.3 is 0 Å². The molecule has 1 aromatic heterocycles. The molecule has 2 aromatic rings. The average Bonchev–Trinajstić information content (AvgIpc) is 2.72. The van der Waals surface area contributed by atoms with Crippen LogP contribution in [-0.4, -0.2) is 51.9 Å². The zero-order valence-electron chi connectivity index (χ0n) is 16.5. The first-order chi connectivity index (χ1) is 14.8. The molecule has 2 atom stereocenters. The number of nitrogens with two attached hydrogens (primary N) is 1. The Morgan fingerprint density at radius 2 is 1.84 bits per heavy atom. The summed E-state index contributed by atoms with van der Waals surface area (Å²) in [6.07, 6.45) is 3.32. The molecule has 3 N–H and O–H groups in total. The van der Waals surface area contributed by atoms with Crippen molar-refractivity contribution < 1.29 is 18.4 Å². The highest BCUT2D eigenvalue weighted by atomic mass is 35.5. The van der Waals surface area contributed by atoms with Crippen LogP contribution >= 0.6 is 11.6 Å². The van der Waals surface area contributed by atoms with Crippen LogP contribution in [0.2, 0.25) is 5.02 Å². The molecular weight excluding hydrogens is 430 g/mol. The highest BCUT2D eigenvalue weighted by Crippen LogP contribution is 2.29. The van der Waals surface area contributed by atoms with Gasteiger partial charge in [0.2, 0.25) is 11.7 Å². The molecule has 2 aliphatic heterocycles. The summed E-state index contributed by atoms with van der Waals surface area (Å²) in [5.74, 6) is -2.58. The zero-order valence-corrected chi connectivity index (χ0v) is 17.3. The third kappa shape index (κ3) is 4.25. The van der Waals surface area contributed by atoms with Crippen molar-refractivity contribution in [2.75, 3.05) is 29.0 Å². The number of hydrogen-bond donors (Lipinski definition) is 2. The normalized spacial score (nSPS) is 22.0. The molecule has 2 fully saturated rings. The van der Waals surface area contributed by atoms with Crippen LogP contribution in [-0.2, 0) is 9.59 Å². The van der Waals surface area contributed by atoms with Crippen molar-refractivity contribution in [3.05, 3.63) is 41.2 Å². The number of carbonyl (C=O) groups excluding carboxylic acids is 2. The Bertz CT molecular complexity index is 1000. The van der Waals surface area contributed by atoms with Crippen LogP contribution in [0.3, 0.4) is 0 Å². The summed E-state index contributed by atoms with van der Waals surface area (Å²) in [6.45, 7) is 0.674. The predicted octanol–water partition coefficient (Wildman–Crippen LogP) is 2.59. The molecule has 2 amide bonds. The molecule has 164 valence electrons. The molecule has 4 rings (SSSR count). The molecule has 8 nitrogen and oxygen atoms in total. The van der Waals surface area contributed by atoms with Crippen LogP contribution in [0.5, 0.6) is 0 Å². The number of piperidine rings is 2. The molecule has 31 heavy (non-hydrogen) atoms. The third-order valence-corrected chi connectivity index (χ3v) is 5.73. The number of benzene rings is 1. The fraction of sp³-hybridized carbons (Fsp3) is 0.400. The van der Waals surface area contributed by atoms with E-state index < -0.39 is 29.6 Å². The van der Waals surface area contributed by atoms with Gasteiger partial charge in [-0.25, -0.2) is 14.4 Å². The first kappa shape index (κ1) is 21.2. The van der Waals surface area contributed by atoms with Crippen LogP contribution in [0.1, 0.15) is 25.7 Å². The average molecular weight is 451 g/mol. The Labute approximate surface area is 182 Å². The van der Waals surface area contributed by atoms with Crippen LogP contribution in [0.4, 0.5) is 26.1 Å². The number of carbonyl (C=O) groups is 2. The summed E-state index contributed by atoms with van der Waals surface area (Å²) in [4.78, 5) is 36.5. The molecule has 0 saturated carbocycles. The molecule has 0 aliphatic carbocycles. The van der Waals surface area contributed by atoms with Crippen molar-refractivity contribution >= 4 is 40.7 Å². The van der Waals surface area contributed by atoms with E-state index >= 15 is 0 Å². The summed E-state index contributed by atoms with van der Waals surface area (Å²) < 4.78 is 28.0. The molecule has 0 radical (unpaired) electrons.